The first-order chi connectivity index (χ1) is 7.26. The number of carbonyl (C=O) groups excluding carboxylic acids is 1. The minimum Gasteiger partial charge on any atom is -0.466 e. The number of carbonyl (C=O) groups is 1. The van der Waals surface area contributed by atoms with Crippen molar-refractivity contribution in [3.63, 3.8) is 0 Å². The van der Waals surface area contributed by atoms with E-state index in [4.69, 9.17) is 4.74 Å². The molecule has 0 aliphatic rings. The van der Waals surface area contributed by atoms with Gasteiger partial charge in [0.05, 0.1) is 13.7 Å². The van der Waals surface area contributed by atoms with E-state index in [1.165, 1.54) is 13.2 Å². The van der Waals surface area contributed by atoms with Crippen molar-refractivity contribution in [1.82, 2.24) is 0 Å². The Morgan fingerprint density at radius 2 is 1.93 bits per heavy atom. The predicted octanol–water partition coefficient (Wildman–Crippen LogP) is 2.02. The summed E-state index contributed by atoms with van der Waals surface area (Å²) in [5.74, 6) is -0.351. The van der Waals surface area contributed by atoms with Gasteiger partial charge < -0.3 is 9.47 Å². The van der Waals surface area contributed by atoms with Crippen molar-refractivity contribution in [2.24, 2.45) is 0 Å². The first-order valence-electron chi connectivity index (χ1n) is 4.60. The van der Waals surface area contributed by atoms with Crippen LogP contribution in [0.1, 0.15) is 11.1 Å². The maximum Gasteiger partial charge on any atom is 0.330 e. The molecule has 0 aliphatic heterocycles. The molecule has 0 aliphatic carbocycles. The molecule has 1 aromatic carbocycles. The Hall–Kier alpha value is -1.61. The zero-order chi connectivity index (χ0) is 11.1. The molecule has 0 radical (unpaired) electrons. The van der Waals surface area contributed by atoms with Crippen molar-refractivity contribution in [1.29, 1.82) is 0 Å². The van der Waals surface area contributed by atoms with Crippen LogP contribution in [-0.4, -0.2) is 20.2 Å². The fraction of sp³-hybridized carbons (Fsp3) is 0.250. The van der Waals surface area contributed by atoms with Crippen molar-refractivity contribution in [2.75, 3.05) is 14.2 Å². The summed E-state index contributed by atoms with van der Waals surface area (Å²) in [4.78, 5) is 10.8. The lowest BCUT2D eigenvalue weighted by Crippen LogP contribution is -1.93. The van der Waals surface area contributed by atoms with Gasteiger partial charge in [0.15, 0.2) is 0 Å². The average molecular weight is 206 g/mol. The number of hydrogen-bond donors (Lipinski definition) is 0. The van der Waals surface area contributed by atoms with Crippen LogP contribution in [0, 0.1) is 0 Å². The number of rotatable bonds is 4. The second-order valence-electron chi connectivity index (χ2n) is 3.03. The van der Waals surface area contributed by atoms with Crippen LogP contribution in [-0.2, 0) is 20.9 Å². The highest BCUT2D eigenvalue weighted by Gasteiger charge is 1.93. The first-order valence-corrected chi connectivity index (χ1v) is 4.60. The van der Waals surface area contributed by atoms with Crippen molar-refractivity contribution in [2.45, 2.75) is 6.61 Å². The smallest absolute Gasteiger partial charge is 0.330 e. The Kier molecular flexibility index (Phi) is 4.57. The van der Waals surface area contributed by atoms with E-state index in [1.807, 2.05) is 24.3 Å². The van der Waals surface area contributed by atoms with Crippen LogP contribution in [0.25, 0.3) is 6.08 Å². The molecule has 0 saturated carbocycles. The molecule has 0 N–H and O–H groups in total. The molecule has 0 atom stereocenters. The molecule has 0 amide bonds. The summed E-state index contributed by atoms with van der Waals surface area (Å²) in [5.41, 5.74) is 2.06. The van der Waals surface area contributed by atoms with Gasteiger partial charge in [-0.3, -0.25) is 0 Å². The van der Waals surface area contributed by atoms with Crippen LogP contribution >= 0.6 is 0 Å². The SMILES string of the molecule is COCc1ccc(/C=C/C(=O)OC)cc1. The van der Waals surface area contributed by atoms with Gasteiger partial charge >= 0.3 is 5.97 Å². The molecule has 3 heteroatoms. The molecule has 3 nitrogen and oxygen atoms in total. The van der Waals surface area contributed by atoms with Crippen molar-refractivity contribution < 1.29 is 14.3 Å². The molecule has 0 saturated heterocycles. The van der Waals surface area contributed by atoms with Gasteiger partial charge in [-0.25, -0.2) is 4.79 Å². The molecule has 0 heterocycles. The number of benzene rings is 1. The minimum absolute atomic E-state index is 0.351. The molecule has 0 spiro atoms. The Bertz CT molecular complexity index is 338. The number of esters is 1. The molecule has 1 rings (SSSR count). The topological polar surface area (TPSA) is 35.5 Å². The molecule has 1 aromatic rings. The van der Waals surface area contributed by atoms with Crippen LogP contribution in [0.4, 0.5) is 0 Å². The van der Waals surface area contributed by atoms with Crippen molar-refractivity contribution in [3.05, 3.63) is 41.5 Å². The largest absolute Gasteiger partial charge is 0.466 e. The summed E-state index contributed by atoms with van der Waals surface area (Å²) < 4.78 is 9.48. The lowest BCUT2D eigenvalue weighted by atomic mass is 10.1. The Morgan fingerprint density at radius 1 is 1.27 bits per heavy atom. The molecule has 15 heavy (non-hydrogen) atoms. The molecule has 0 unspecified atom stereocenters. The third-order valence-corrected chi connectivity index (χ3v) is 1.90. The average Bonchev–Trinajstić information content (AvgIpc) is 2.28. The molecular formula is C12H14O3. The lowest BCUT2D eigenvalue weighted by molar-refractivity contribution is -0.134. The van der Waals surface area contributed by atoms with E-state index in [-0.39, 0.29) is 5.97 Å². The van der Waals surface area contributed by atoms with Crippen molar-refractivity contribution in [3.8, 4) is 0 Å². The van der Waals surface area contributed by atoms with Crippen LogP contribution in [0.5, 0.6) is 0 Å². The van der Waals surface area contributed by atoms with E-state index < -0.39 is 0 Å². The van der Waals surface area contributed by atoms with E-state index in [1.54, 1.807) is 13.2 Å². The number of hydrogen-bond acceptors (Lipinski definition) is 3. The van der Waals surface area contributed by atoms with Gasteiger partial charge in [0.1, 0.15) is 0 Å². The fourth-order valence-electron chi connectivity index (χ4n) is 1.12. The Labute approximate surface area is 89.3 Å². The highest BCUT2D eigenvalue weighted by atomic mass is 16.5. The molecular weight excluding hydrogens is 192 g/mol. The van der Waals surface area contributed by atoms with Crippen LogP contribution in [0.15, 0.2) is 30.3 Å². The van der Waals surface area contributed by atoms with Gasteiger partial charge in [-0.05, 0) is 17.2 Å². The molecule has 0 fully saturated rings. The summed E-state index contributed by atoms with van der Waals surface area (Å²) in [6, 6.07) is 7.77. The van der Waals surface area contributed by atoms with E-state index in [2.05, 4.69) is 4.74 Å². The summed E-state index contributed by atoms with van der Waals surface area (Å²) in [5, 5.41) is 0. The van der Waals surface area contributed by atoms with E-state index >= 15 is 0 Å². The minimum atomic E-state index is -0.351. The van der Waals surface area contributed by atoms with Gasteiger partial charge in [0.25, 0.3) is 0 Å². The zero-order valence-corrected chi connectivity index (χ0v) is 8.90. The molecule has 0 aromatic heterocycles. The maximum absolute atomic E-state index is 10.8. The van der Waals surface area contributed by atoms with Crippen LogP contribution < -0.4 is 0 Å². The van der Waals surface area contributed by atoms with Crippen LogP contribution in [0.2, 0.25) is 0 Å². The van der Waals surface area contributed by atoms with Gasteiger partial charge in [-0.1, -0.05) is 24.3 Å². The highest BCUT2D eigenvalue weighted by Crippen LogP contribution is 2.07. The summed E-state index contributed by atoms with van der Waals surface area (Å²) >= 11 is 0. The van der Waals surface area contributed by atoms with E-state index in [0.29, 0.717) is 6.61 Å². The van der Waals surface area contributed by atoms with Gasteiger partial charge in [-0.15, -0.1) is 0 Å². The molecule has 80 valence electrons. The summed E-state index contributed by atoms with van der Waals surface area (Å²) in [7, 11) is 3.01. The van der Waals surface area contributed by atoms with Crippen molar-refractivity contribution >= 4 is 12.0 Å². The van der Waals surface area contributed by atoms with Crippen LogP contribution in [0.3, 0.4) is 0 Å². The first kappa shape index (κ1) is 11.5. The van der Waals surface area contributed by atoms with E-state index in [9.17, 15) is 4.79 Å². The predicted molar refractivity (Wildman–Crippen MR) is 58.2 cm³/mol. The highest BCUT2D eigenvalue weighted by molar-refractivity contribution is 5.86. The van der Waals surface area contributed by atoms with Gasteiger partial charge in [0.2, 0.25) is 0 Å². The third kappa shape index (κ3) is 3.95. The zero-order valence-electron chi connectivity index (χ0n) is 8.90. The second kappa shape index (κ2) is 5.98. The fourth-order valence-corrected chi connectivity index (χ4v) is 1.12. The molecule has 0 bridgehead atoms. The summed E-state index contributed by atoms with van der Waals surface area (Å²) in [6.07, 6.45) is 3.10. The van der Waals surface area contributed by atoms with Gasteiger partial charge in [-0.2, -0.15) is 0 Å². The van der Waals surface area contributed by atoms with Gasteiger partial charge in [0, 0.05) is 13.2 Å². The lowest BCUT2D eigenvalue weighted by Gasteiger charge is -1.99. The quantitative estimate of drug-likeness (QED) is 0.558. The maximum atomic E-state index is 10.8. The Morgan fingerprint density at radius 3 is 2.47 bits per heavy atom. The summed E-state index contributed by atoms with van der Waals surface area (Å²) in [6.45, 7) is 0.598. The van der Waals surface area contributed by atoms with E-state index in [0.717, 1.165) is 11.1 Å². The number of ether oxygens (including phenoxy) is 2. The Balaban J connectivity index is 2.64. The monoisotopic (exact) mass is 206 g/mol. The normalized spacial score (nSPS) is 10.5. The standard InChI is InChI=1S/C12H14O3/c1-14-9-11-5-3-10(4-6-11)7-8-12(13)15-2/h3-8H,9H2,1-2H3/b8-7+. The second-order valence-corrected chi connectivity index (χ2v) is 3.03. The third-order valence-electron chi connectivity index (χ3n) is 1.90. The number of methoxy groups -OCH3 is 2.